The number of hydrogen-bond donors (Lipinski definition) is 1. The number of esters is 2. The standard InChI is InChI=1S/C83H152O5/c1-3-5-7-9-11-13-15-17-19-21-23-25-27-29-31-33-35-37-38-39-40-41-42-43-44-46-48-50-52-54-56-58-60-62-64-66-68-70-72-74-76-78-83(86)88-81(79-84)80-87-82(85)77-75-73-71-69-67-65-63-61-59-57-55-53-51-49-47-45-36-34-32-30-28-26-24-22-20-18-16-14-12-10-8-6-4-2/h5,7,11,13,16-19,22-25,81,84H,3-4,6,8-10,12,14-15,20-21,26-80H2,1-2H3/b7-5-,13-11-,18-16-,19-17-,24-22-,25-23-. The number of carbonyl (C=O) groups excluding carboxylic acids is 2. The number of carbonyl (C=O) groups is 2. The SMILES string of the molecule is CC/C=C\C/C=C\C/C=C\C/C=C\CCCCCCCCCCCCCCCCCCCCCCCCCCCCCCC(=O)OC(CO)COC(=O)CCCCCCCCCCCCCCCCCCCCCCC/C=C\C/C=C\CCCCCCC. The van der Waals surface area contributed by atoms with E-state index in [0.717, 1.165) is 70.6 Å². The van der Waals surface area contributed by atoms with Gasteiger partial charge in [0.2, 0.25) is 0 Å². The van der Waals surface area contributed by atoms with Crippen LogP contribution in [-0.4, -0.2) is 36.4 Å². The smallest absolute Gasteiger partial charge is 0.306 e. The van der Waals surface area contributed by atoms with E-state index in [1.807, 2.05) is 0 Å². The summed E-state index contributed by atoms with van der Waals surface area (Å²) in [4.78, 5) is 24.7. The molecule has 514 valence electrons. The van der Waals surface area contributed by atoms with Crippen LogP contribution in [0.15, 0.2) is 72.9 Å². The van der Waals surface area contributed by atoms with Crippen LogP contribution < -0.4 is 0 Å². The number of aliphatic hydroxyl groups excluding tert-OH is 1. The minimum Gasteiger partial charge on any atom is -0.462 e. The van der Waals surface area contributed by atoms with E-state index < -0.39 is 6.10 Å². The van der Waals surface area contributed by atoms with E-state index in [0.29, 0.717) is 12.8 Å². The third-order valence-electron chi connectivity index (χ3n) is 18.0. The van der Waals surface area contributed by atoms with Crippen molar-refractivity contribution < 1.29 is 24.2 Å². The molecule has 0 spiro atoms. The van der Waals surface area contributed by atoms with Crippen molar-refractivity contribution in [2.24, 2.45) is 0 Å². The first-order chi connectivity index (χ1) is 43.6. The van der Waals surface area contributed by atoms with Crippen molar-refractivity contribution in [3.05, 3.63) is 72.9 Å². The molecule has 0 amide bonds. The summed E-state index contributed by atoms with van der Waals surface area (Å²) in [5, 5.41) is 9.73. The van der Waals surface area contributed by atoms with Crippen LogP contribution in [0.25, 0.3) is 0 Å². The highest BCUT2D eigenvalue weighted by Crippen LogP contribution is 2.20. The van der Waals surface area contributed by atoms with Crippen molar-refractivity contribution in [2.75, 3.05) is 13.2 Å². The third-order valence-corrected chi connectivity index (χ3v) is 18.0. The second-order valence-electron chi connectivity index (χ2n) is 26.8. The fraction of sp³-hybridized carbons (Fsp3) is 0.831. The number of unbranched alkanes of at least 4 members (excludes halogenated alkanes) is 54. The van der Waals surface area contributed by atoms with Crippen LogP contribution in [0.2, 0.25) is 0 Å². The molecule has 1 N–H and O–H groups in total. The Morgan fingerprint density at radius 3 is 0.739 bits per heavy atom. The number of aliphatic hydroxyl groups is 1. The Balaban J connectivity index is 3.37. The molecule has 0 aliphatic rings. The molecule has 0 bridgehead atoms. The molecule has 0 radical (unpaired) electrons. The Hall–Kier alpha value is -2.66. The van der Waals surface area contributed by atoms with Gasteiger partial charge in [-0.1, -0.05) is 401 Å². The van der Waals surface area contributed by atoms with E-state index in [-0.39, 0.29) is 25.2 Å². The summed E-state index contributed by atoms with van der Waals surface area (Å²) in [5.41, 5.74) is 0. The van der Waals surface area contributed by atoms with Crippen LogP contribution in [0.1, 0.15) is 425 Å². The molecule has 0 rings (SSSR count). The lowest BCUT2D eigenvalue weighted by molar-refractivity contribution is -0.161. The Morgan fingerprint density at radius 2 is 0.489 bits per heavy atom. The summed E-state index contributed by atoms with van der Waals surface area (Å²) in [6.45, 7) is 4.08. The van der Waals surface area contributed by atoms with Gasteiger partial charge in [0, 0.05) is 12.8 Å². The highest BCUT2D eigenvalue weighted by molar-refractivity contribution is 5.70. The lowest BCUT2D eigenvalue weighted by atomic mass is 10.0. The maximum Gasteiger partial charge on any atom is 0.306 e. The average molecular weight is 1230 g/mol. The second-order valence-corrected chi connectivity index (χ2v) is 26.8. The van der Waals surface area contributed by atoms with E-state index in [9.17, 15) is 14.7 Å². The second kappa shape index (κ2) is 78.6. The van der Waals surface area contributed by atoms with Gasteiger partial charge in [0.1, 0.15) is 6.61 Å². The van der Waals surface area contributed by atoms with Gasteiger partial charge in [-0.2, -0.15) is 0 Å². The number of hydrogen-bond acceptors (Lipinski definition) is 5. The molecule has 0 saturated heterocycles. The minimum absolute atomic E-state index is 0.0600. The van der Waals surface area contributed by atoms with Gasteiger partial charge >= 0.3 is 11.9 Å². The highest BCUT2D eigenvalue weighted by atomic mass is 16.6. The van der Waals surface area contributed by atoms with Crippen LogP contribution in [0.3, 0.4) is 0 Å². The van der Waals surface area contributed by atoms with E-state index in [1.165, 1.54) is 327 Å². The molecule has 0 aromatic heterocycles. The van der Waals surface area contributed by atoms with E-state index in [1.54, 1.807) is 0 Å². The first kappa shape index (κ1) is 85.3. The van der Waals surface area contributed by atoms with Crippen molar-refractivity contribution >= 4 is 11.9 Å². The van der Waals surface area contributed by atoms with Gasteiger partial charge in [0.25, 0.3) is 0 Å². The fourth-order valence-corrected chi connectivity index (χ4v) is 12.1. The Kier molecular flexibility index (Phi) is 76.2. The van der Waals surface area contributed by atoms with Crippen molar-refractivity contribution in [3.63, 3.8) is 0 Å². The van der Waals surface area contributed by atoms with Gasteiger partial charge in [-0.3, -0.25) is 9.59 Å². The summed E-state index contributed by atoms with van der Waals surface area (Å²) >= 11 is 0. The molecule has 0 saturated carbocycles. The Bertz CT molecular complexity index is 1540. The molecular weight excluding hydrogens is 1080 g/mol. The minimum atomic E-state index is -0.772. The van der Waals surface area contributed by atoms with Gasteiger partial charge in [0.05, 0.1) is 6.61 Å². The predicted octanol–water partition coefficient (Wildman–Crippen LogP) is 27.8. The fourth-order valence-electron chi connectivity index (χ4n) is 12.1. The zero-order valence-electron chi connectivity index (χ0n) is 59.3. The van der Waals surface area contributed by atoms with Crippen molar-refractivity contribution in [2.45, 2.75) is 431 Å². The molecule has 88 heavy (non-hydrogen) atoms. The molecule has 1 atom stereocenters. The summed E-state index contributed by atoms with van der Waals surface area (Å²) in [6, 6.07) is 0. The number of rotatable bonds is 74. The van der Waals surface area contributed by atoms with Crippen LogP contribution in [0.5, 0.6) is 0 Å². The van der Waals surface area contributed by atoms with Crippen molar-refractivity contribution in [1.29, 1.82) is 0 Å². The maximum absolute atomic E-state index is 12.4. The summed E-state index contributed by atoms with van der Waals surface area (Å²) in [7, 11) is 0. The summed E-state index contributed by atoms with van der Waals surface area (Å²) in [5.74, 6) is -0.565. The molecular formula is C83H152O5. The quantitative estimate of drug-likeness (QED) is 0.0373. The van der Waals surface area contributed by atoms with E-state index in [2.05, 4.69) is 86.8 Å². The number of ether oxygens (including phenoxy) is 2. The van der Waals surface area contributed by atoms with Crippen LogP contribution in [0, 0.1) is 0 Å². The van der Waals surface area contributed by atoms with Crippen LogP contribution >= 0.6 is 0 Å². The summed E-state index contributed by atoms with van der Waals surface area (Å²) < 4.78 is 10.8. The zero-order valence-corrected chi connectivity index (χ0v) is 59.3. The Morgan fingerprint density at radius 1 is 0.273 bits per heavy atom. The lowest BCUT2D eigenvalue weighted by Crippen LogP contribution is -2.28. The molecule has 0 aromatic rings. The van der Waals surface area contributed by atoms with Gasteiger partial charge in [-0.15, -0.1) is 0 Å². The van der Waals surface area contributed by atoms with Crippen molar-refractivity contribution in [3.8, 4) is 0 Å². The van der Waals surface area contributed by atoms with E-state index in [4.69, 9.17) is 9.47 Å². The van der Waals surface area contributed by atoms with Gasteiger partial charge in [0.15, 0.2) is 6.10 Å². The van der Waals surface area contributed by atoms with Gasteiger partial charge in [-0.05, 0) is 83.5 Å². The molecule has 0 fully saturated rings. The molecule has 5 heteroatoms. The summed E-state index contributed by atoms with van der Waals surface area (Å²) in [6.07, 6.45) is 110. The predicted molar refractivity (Wildman–Crippen MR) is 390 cm³/mol. The molecule has 1 unspecified atom stereocenters. The third kappa shape index (κ3) is 75.8. The van der Waals surface area contributed by atoms with Crippen LogP contribution in [0.4, 0.5) is 0 Å². The van der Waals surface area contributed by atoms with Crippen LogP contribution in [-0.2, 0) is 19.1 Å². The van der Waals surface area contributed by atoms with E-state index >= 15 is 0 Å². The molecule has 0 aromatic carbocycles. The van der Waals surface area contributed by atoms with Gasteiger partial charge < -0.3 is 14.6 Å². The van der Waals surface area contributed by atoms with Crippen molar-refractivity contribution in [1.82, 2.24) is 0 Å². The maximum atomic E-state index is 12.4. The normalized spacial score (nSPS) is 12.5. The molecule has 0 heterocycles. The monoisotopic (exact) mass is 1230 g/mol. The first-order valence-corrected chi connectivity index (χ1v) is 39.5. The first-order valence-electron chi connectivity index (χ1n) is 39.5. The number of allylic oxidation sites excluding steroid dienone is 12. The highest BCUT2D eigenvalue weighted by Gasteiger charge is 2.16. The Labute approximate surface area is 550 Å². The lowest BCUT2D eigenvalue weighted by Gasteiger charge is -2.15. The average Bonchev–Trinajstić information content (AvgIpc) is 3.56. The zero-order chi connectivity index (χ0) is 63.3. The van der Waals surface area contributed by atoms with Gasteiger partial charge in [-0.25, -0.2) is 0 Å². The molecule has 0 aliphatic carbocycles. The topological polar surface area (TPSA) is 72.8 Å². The molecule has 5 nitrogen and oxygen atoms in total. The largest absolute Gasteiger partial charge is 0.462 e. The molecule has 0 aliphatic heterocycles.